The van der Waals surface area contributed by atoms with Crippen molar-refractivity contribution in [2.45, 2.75) is 19.9 Å². The highest BCUT2D eigenvalue weighted by Crippen LogP contribution is 2.15. The van der Waals surface area contributed by atoms with Gasteiger partial charge in [-0.05, 0) is 36.2 Å². The molecular formula is C23H32IN5O. The molecule has 1 aliphatic heterocycles. The van der Waals surface area contributed by atoms with Crippen LogP contribution < -0.4 is 15.5 Å². The van der Waals surface area contributed by atoms with Gasteiger partial charge in [0.05, 0.1) is 0 Å². The number of nitrogens with one attached hydrogen (secondary N) is 2. The van der Waals surface area contributed by atoms with Crippen LogP contribution in [-0.2, 0) is 6.54 Å². The summed E-state index contributed by atoms with van der Waals surface area (Å²) in [4.78, 5) is 21.3. The second-order valence-electron chi connectivity index (χ2n) is 7.17. The van der Waals surface area contributed by atoms with Crippen molar-refractivity contribution >= 4 is 41.5 Å². The molecule has 0 saturated carbocycles. The molecule has 6 nitrogen and oxygen atoms in total. The molecule has 2 N–H and O–H groups in total. The lowest BCUT2D eigenvalue weighted by Gasteiger charge is -2.37. The molecule has 30 heavy (non-hydrogen) atoms. The van der Waals surface area contributed by atoms with Crippen LogP contribution in [0.1, 0.15) is 29.3 Å². The molecule has 0 bridgehead atoms. The fourth-order valence-corrected chi connectivity index (χ4v) is 3.49. The van der Waals surface area contributed by atoms with E-state index in [0.29, 0.717) is 18.7 Å². The van der Waals surface area contributed by atoms with Gasteiger partial charge in [0.25, 0.3) is 5.91 Å². The molecule has 0 aromatic heterocycles. The monoisotopic (exact) mass is 521 g/mol. The molecule has 2 aromatic carbocycles. The van der Waals surface area contributed by atoms with Gasteiger partial charge in [-0.1, -0.05) is 37.3 Å². The first-order chi connectivity index (χ1) is 14.2. The topological polar surface area (TPSA) is 60.0 Å². The van der Waals surface area contributed by atoms with E-state index < -0.39 is 0 Å². The number of anilines is 1. The van der Waals surface area contributed by atoms with Crippen LogP contribution in [0.5, 0.6) is 0 Å². The van der Waals surface area contributed by atoms with E-state index in [-0.39, 0.29) is 29.9 Å². The molecule has 0 atom stereocenters. The SMILES string of the molecule is CCCNC(=O)c1cccc(CNC(=NC)N2CCN(c3ccccc3)CC2)c1.I. The van der Waals surface area contributed by atoms with Gasteiger partial charge in [0.15, 0.2) is 5.96 Å². The summed E-state index contributed by atoms with van der Waals surface area (Å²) < 4.78 is 0. The minimum atomic E-state index is -0.0184. The molecule has 7 heteroatoms. The van der Waals surface area contributed by atoms with Gasteiger partial charge >= 0.3 is 0 Å². The molecular weight excluding hydrogens is 489 g/mol. The first-order valence-electron chi connectivity index (χ1n) is 10.3. The van der Waals surface area contributed by atoms with E-state index in [4.69, 9.17) is 0 Å². The van der Waals surface area contributed by atoms with Crippen LogP contribution >= 0.6 is 24.0 Å². The Labute approximate surface area is 196 Å². The quantitative estimate of drug-likeness (QED) is 0.348. The number of halogens is 1. The molecule has 1 amide bonds. The minimum Gasteiger partial charge on any atom is -0.368 e. The fraction of sp³-hybridized carbons (Fsp3) is 0.391. The number of nitrogens with zero attached hydrogens (tertiary/aromatic N) is 3. The summed E-state index contributed by atoms with van der Waals surface area (Å²) in [5, 5.41) is 6.37. The summed E-state index contributed by atoms with van der Waals surface area (Å²) in [6, 6.07) is 18.3. The van der Waals surface area contributed by atoms with Crippen LogP contribution in [0.2, 0.25) is 0 Å². The van der Waals surface area contributed by atoms with Gasteiger partial charge in [-0.15, -0.1) is 24.0 Å². The van der Waals surface area contributed by atoms with E-state index in [1.807, 2.05) is 44.3 Å². The number of rotatable bonds is 6. The largest absolute Gasteiger partial charge is 0.368 e. The van der Waals surface area contributed by atoms with Gasteiger partial charge in [-0.3, -0.25) is 9.79 Å². The third kappa shape index (κ3) is 6.62. The second-order valence-corrected chi connectivity index (χ2v) is 7.17. The lowest BCUT2D eigenvalue weighted by Crippen LogP contribution is -2.52. The second kappa shape index (κ2) is 12.4. The smallest absolute Gasteiger partial charge is 0.251 e. The molecule has 162 valence electrons. The summed E-state index contributed by atoms with van der Waals surface area (Å²) in [5.41, 5.74) is 3.04. The summed E-state index contributed by atoms with van der Waals surface area (Å²) in [7, 11) is 1.82. The van der Waals surface area contributed by atoms with Crippen LogP contribution in [0, 0.1) is 0 Å². The number of amides is 1. The van der Waals surface area contributed by atoms with E-state index in [1.54, 1.807) is 0 Å². The highest BCUT2D eigenvalue weighted by Gasteiger charge is 2.19. The van der Waals surface area contributed by atoms with E-state index in [1.165, 1.54) is 5.69 Å². The average Bonchev–Trinajstić information content (AvgIpc) is 2.79. The Morgan fingerprint density at radius 1 is 1.00 bits per heavy atom. The van der Waals surface area contributed by atoms with Crippen LogP contribution in [-0.4, -0.2) is 56.5 Å². The first-order valence-corrected chi connectivity index (χ1v) is 10.3. The summed E-state index contributed by atoms with van der Waals surface area (Å²) in [6.07, 6.45) is 0.931. The van der Waals surface area contributed by atoms with Crippen molar-refractivity contribution in [3.63, 3.8) is 0 Å². The Hall–Kier alpha value is -2.29. The Kier molecular flexibility index (Phi) is 9.93. The van der Waals surface area contributed by atoms with Crippen LogP contribution in [0.25, 0.3) is 0 Å². The molecule has 0 spiro atoms. The van der Waals surface area contributed by atoms with Crippen LogP contribution in [0.3, 0.4) is 0 Å². The van der Waals surface area contributed by atoms with E-state index >= 15 is 0 Å². The Bertz CT molecular complexity index is 819. The maximum absolute atomic E-state index is 12.2. The van der Waals surface area contributed by atoms with Crippen molar-refractivity contribution in [1.82, 2.24) is 15.5 Å². The number of piperazine rings is 1. The lowest BCUT2D eigenvalue weighted by molar-refractivity contribution is 0.0953. The number of hydrogen-bond donors (Lipinski definition) is 2. The average molecular weight is 521 g/mol. The standard InChI is InChI=1S/C23H31N5O.HI/c1-3-12-25-22(29)20-9-7-8-19(17-20)18-26-23(24-2)28-15-13-27(14-16-28)21-10-5-4-6-11-21;/h4-11,17H,3,12-16,18H2,1-2H3,(H,24,26)(H,25,29);1H. The van der Waals surface area contributed by atoms with Gasteiger partial charge < -0.3 is 20.4 Å². The molecule has 3 rings (SSSR count). The Balaban J connectivity index is 0.00000320. The van der Waals surface area contributed by atoms with Gasteiger partial charge in [-0.25, -0.2) is 0 Å². The maximum atomic E-state index is 12.2. The van der Waals surface area contributed by atoms with Crippen LogP contribution in [0.4, 0.5) is 5.69 Å². The van der Waals surface area contributed by atoms with Gasteiger partial charge in [0.1, 0.15) is 0 Å². The summed E-state index contributed by atoms with van der Waals surface area (Å²) in [5.74, 6) is 0.883. The molecule has 1 saturated heterocycles. The van der Waals surface area contributed by atoms with E-state index in [9.17, 15) is 4.79 Å². The van der Waals surface area contributed by atoms with Crippen molar-refractivity contribution in [1.29, 1.82) is 0 Å². The molecule has 0 radical (unpaired) electrons. The fourth-order valence-electron chi connectivity index (χ4n) is 3.49. The van der Waals surface area contributed by atoms with Gasteiger partial charge in [0.2, 0.25) is 0 Å². The number of para-hydroxylation sites is 1. The normalized spacial score (nSPS) is 14.1. The number of hydrogen-bond acceptors (Lipinski definition) is 3. The molecule has 0 unspecified atom stereocenters. The minimum absolute atomic E-state index is 0. The van der Waals surface area contributed by atoms with Crippen molar-refractivity contribution in [3.8, 4) is 0 Å². The van der Waals surface area contributed by atoms with Crippen molar-refractivity contribution in [3.05, 3.63) is 65.7 Å². The van der Waals surface area contributed by atoms with Gasteiger partial charge in [0, 0.05) is 57.6 Å². The Morgan fingerprint density at radius 3 is 2.40 bits per heavy atom. The molecule has 1 aliphatic rings. The zero-order chi connectivity index (χ0) is 20.5. The van der Waals surface area contributed by atoms with Crippen molar-refractivity contribution in [2.24, 2.45) is 4.99 Å². The maximum Gasteiger partial charge on any atom is 0.251 e. The lowest BCUT2D eigenvalue weighted by atomic mass is 10.1. The number of carbonyl (C=O) groups excluding carboxylic acids is 1. The van der Waals surface area contributed by atoms with Crippen LogP contribution in [0.15, 0.2) is 59.6 Å². The number of benzene rings is 2. The first kappa shape index (κ1) is 24.0. The zero-order valence-electron chi connectivity index (χ0n) is 17.8. The summed E-state index contributed by atoms with van der Waals surface area (Å²) >= 11 is 0. The highest BCUT2D eigenvalue weighted by atomic mass is 127. The van der Waals surface area contributed by atoms with E-state index in [0.717, 1.165) is 44.1 Å². The van der Waals surface area contributed by atoms with E-state index in [2.05, 4.69) is 49.7 Å². The van der Waals surface area contributed by atoms with Crippen molar-refractivity contribution in [2.75, 3.05) is 44.7 Å². The number of aliphatic imine (C=N–C) groups is 1. The number of guanidine groups is 1. The summed E-state index contributed by atoms with van der Waals surface area (Å²) in [6.45, 7) is 7.17. The molecule has 2 aromatic rings. The highest BCUT2D eigenvalue weighted by molar-refractivity contribution is 14.0. The predicted molar refractivity (Wildman–Crippen MR) is 135 cm³/mol. The van der Waals surface area contributed by atoms with Gasteiger partial charge in [-0.2, -0.15) is 0 Å². The number of carbonyl (C=O) groups is 1. The predicted octanol–water partition coefficient (Wildman–Crippen LogP) is 3.34. The third-order valence-electron chi connectivity index (χ3n) is 5.09. The zero-order valence-corrected chi connectivity index (χ0v) is 20.1. The molecule has 1 heterocycles. The Morgan fingerprint density at radius 2 is 1.73 bits per heavy atom. The van der Waals surface area contributed by atoms with Crippen molar-refractivity contribution < 1.29 is 4.79 Å². The molecule has 0 aliphatic carbocycles. The third-order valence-corrected chi connectivity index (χ3v) is 5.09. The molecule has 1 fully saturated rings.